The van der Waals surface area contributed by atoms with Crippen molar-refractivity contribution in [2.45, 2.75) is 84.2 Å². The number of nitrogens with zero attached hydrogens (tertiary/aromatic N) is 2. The summed E-state index contributed by atoms with van der Waals surface area (Å²) in [6, 6.07) is 8.81. The molecule has 1 atom stereocenters. The maximum Gasteiger partial charge on any atom is 0.348 e. The van der Waals surface area contributed by atoms with Crippen molar-refractivity contribution in [2.75, 3.05) is 6.61 Å². The summed E-state index contributed by atoms with van der Waals surface area (Å²) >= 11 is 0. The van der Waals surface area contributed by atoms with Gasteiger partial charge in [0.05, 0.1) is 6.61 Å². The van der Waals surface area contributed by atoms with Gasteiger partial charge in [-0.1, -0.05) is 70.9 Å². The molecule has 0 saturated heterocycles. The topological polar surface area (TPSA) is 61.3 Å². The van der Waals surface area contributed by atoms with E-state index in [0.717, 1.165) is 24.8 Å². The van der Waals surface area contributed by atoms with E-state index in [4.69, 9.17) is 9.47 Å². The Morgan fingerprint density at radius 3 is 2.00 bits per heavy atom. The maximum absolute atomic E-state index is 14.6. The summed E-state index contributed by atoms with van der Waals surface area (Å²) in [5.41, 5.74) is -0.477. The smallest absolute Gasteiger partial charge is 0.348 e. The minimum Gasteiger partial charge on any atom is -0.488 e. The summed E-state index contributed by atoms with van der Waals surface area (Å²) in [5, 5.41) is 0. The molecule has 3 aromatic rings. The van der Waals surface area contributed by atoms with Crippen LogP contribution in [0.15, 0.2) is 48.8 Å². The third-order valence-electron chi connectivity index (χ3n) is 6.45. The lowest BCUT2D eigenvalue weighted by Crippen LogP contribution is -2.34. The lowest BCUT2D eigenvalue weighted by molar-refractivity contribution is -0.147. The van der Waals surface area contributed by atoms with E-state index in [9.17, 15) is 18.0 Å². The molecule has 0 unspecified atom stereocenters. The highest BCUT2D eigenvalue weighted by Crippen LogP contribution is 2.29. The van der Waals surface area contributed by atoms with E-state index in [0.29, 0.717) is 12.0 Å². The predicted molar refractivity (Wildman–Crippen MR) is 146 cm³/mol. The van der Waals surface area contributed by atoms with Crippen LogP contribution in [-0.4, -0.2) is 28.2 Å². The van der Waals surface area contributed by atoms with Gasteiger partial charge in [-0.2, -0.15) is 0 Å². The number of alkyl halides is 1. The van der Waals surface area contributed by atoms with E-state index in [1.165, 1.54) is 57.1 Å². The van der Waals surface area contributed by atoms with Gasteiger partial charge in [0.1, 0.15) is 5.75 Å². The molecule has 39 heavy (non-hydrogen) atoms. The van der Waals surface area contributed by atoms with Gasteiger partial charge in [-0.15, -0.1) is 0 Å². The van der Waals surface area contributed by atoms with Gasteiger partial charge in [-0.25, -0.2) is 27.9 Å². The number of esters is 1. The third-order valence-corrected chi connectivity index (χ3v) is 6.45. The zero-order chi connectivity index (χ0) is 28.3. The lowest BCUT2D eigenvalue weighted by atomic mass is 10.0. The number of hydrogen-bond donors (Lipinski definition) is 0. The number of halogens is 3. The van der Waals surface area contributed by atoms with Gasteiger partial charge < -0.3 is 9.47 Å². The molecule has 2 aromatic carbocycles. The van der Waals surface area contributed by atoms with Crippen LogP contribution in [0.2, 0.25) is 0 Å². The second-order valence-electron chi connectivity index (χ2n) is 9.90. The number of unbranched alkanes of at least 4 members (excludes halogenated alkanes) is 6. The van der Waals surface area contributed by atoms with Crippen LogP contribution in [0.25, 0.3) is 22.5 Å². The number of carbonyl (C=O) groups is 1. The lowest BCUT2D eigenvalue weighted by Gasteiger charge is -2.17. The molecule has 0 aliphatic rings. The van der Waals surface area contributed by atoms with E-state index in [1.807, 2.05) is 0 Å². The van der Waals surface area contributed by atoms with Crippen molar-refractivity contribution in [1.29, 1.82) is 0 Å². The van der Waals surface area contributed by atoms with Crippen molar-refractivity contribution in [2.24, 2.45) is 0 Å². The number of aromatic nitrogens is 2. The molecule has 1 heterocycles. The predicted octanol–water partition coefficient (Wildman–Crippen LogP) is 8.65. The van der Waals surface area contributed by atoms with Crippen molar-refractivity contribution in [3.63, 3.8) is 0 Å². The summed E-state index contributed by atoms with van der Waals surface area (Å²) in [7, 11) is 0. The molecule has 5 nitrogen and oxygen atoms in total. The maximum atomic E-state index is 14.6. The van der Waals surface area contributed by atoms with Crippen LogP contribution >= 0.6 is 0 Å². The normalized spacial score (nSPS) is 12.7. The Balaban J connectivity index is 1.58. The van der Waals surface area contributed by atoms with Crippen LogP contribution < -0.4 is 9.47 Å². The Hall–Kier alpha value is -3.42. The molecular formula is C31H37F3N2O3. The van der Waals surface area contributed by atoms with Crippen molar-refractivity contribution in [3.8, 4) is 34.0 Å². The Morgan fingerprint density at radius 1 is 0.821 bits per heavy atom. The summed E-state index contributed by atoms with van der Waals surface area (Å²) in [6.45, 7) is 5.44. The van der Waals surface area contributed by atoms with Gasteiger partial charge in [-0.3, -0.25) is 0 Å². The molecule has 0 saturated carbocycles. The average Bonchev–Trinajstić information content (AvgIpc) is 2.92. The molecule has 0 radical (unpaired) electrons. The standard InChI is InChI=1S/C31H37F3N2O3/c1-4-6-7-8-9-10-11-17-38-28-26(32)18-23(19-27(28)33)29-35-20-24(21-36-29)22-12-14-25(15-13-22)39-30(37)31(3,34)16-5-2/h12-15,18-21H,4-11,16-17H2,1-3H3/t31-/m0/s1. The second kappa shape index (κ2) is 14.7. The molecule has 3 rings (SSSR count). The molecule has 0 aliphatic heterocycles. The van der Waals surface area contributed by atoms with Crippen molar-refractivity contribution < 1.29 is 27.4 Å². The number of rotatable bonds is 15. The Morgan fingerprint density at radius 2 is 1.41 bits per heavy atom. The second-order valence-corrected chi connectivity index (χ2v) is 9.90. The van der Waals surface area contributed by atoms with Gasteiger partial charge >= 0.3 is 5.97 Å². The fourth-order valence-corrected chi connectivity index (χ4v) is 4.19. The highest BCUT2D eigenvalue weighted by atomic mass is 19.1. The summed E-state index contributed by atoms with van der Waals surface area (Å²) in [6.07, 6.45) is 11.3. The quantitative estimate of drug-likeness (QED) is 0.109. The third kappa shape index (κ3) is 8.80. The summed E-state index contributed by atoms with van der Waals surface area (Å²) in [4.78, 5) is 20.6. The zero-order valence-electron chi connectivity index (χ0n) is 22.9. The van der Waals surface area contributed by atoms with Crippen LogP contribution in [-0.2, 0) is 4.79 Å². The highest BCUT2D eigenvalue weighted by Gasteiger charge is 2.34. The Labute approximate surface area is 228 Å². The first-order valence-corrected chi connectivity index (χ1v) is 13.7. The molecule has 0 bridgehead atoms. The average molecular weight is 543 g/mol. The first kappa shape index (κ1) is 30.1. The minimum atomic E-state index is -2.05. The van der Waals surface area contributed by atoms with E-state index in [1.54, 1.807) is 31.2 Å². The minimum absolute atomic E-state index is 0.0798. The van der Waals surface area contributed by atoms with E-state index < -0.39 is 23.3 Å². The van der Waals surface area contributed by atoms with Gasteiger partial charge in [0.25, 0.3) is 0 Å². The SMILES string of the molecule is CCCCCCCCCOc1c(F)cc(-c2ncc(-c3ccc(OC(=O)[C@@](C)(F)CCC)cc3)cn2)cc1F. The van der Waals surface area contributed by atoms with E-state index in [2.05, 4.69) is 16.9 Å². The van der Waals surface area contributed by atoms with Gasteiger partial charge in [-0.05, 0) is 49.6 Å². The molecule has 0 N–H and O–H groups in total. The van der Waals surface area contributed by atoms with Gasteiger partial charge in [0.15, 0.2) is 23.2 Å². The van der Waals surface area contributed by atoms with Crippen molar-refractivity contribution in [3.05, 3.63) is 60.4 Å². The molecule has 8 heteroatoms. The molecule has 210 valence electrons. The largest absolute Gasteiger partial charge is 0.488 e. The number of carbonyl (C=O) groups excluding carboxylic acids is 1. The van der Waals surface area contributed by atoms with E-state index in [-0.39, 0.29) is 35.9 Å². The zero-order valence-corrected chi connectivity index (χ0v) is 22.9. The molecular weight excluding hydrogens is 505 g/mol. The summed E-state index contributed by atoms with van der Waals surface area (Å²) in [5.74, 6) is -2.52. The fourth-order valence-electron chi connectivity index (χ4n) is 4.19. The van der Waals surface area contributed by atoms with Crippen LogP contribution in [0.4, 0.5) is 13.2 Å². The van der Waals surface area contributed by atoms with Gasteiger partial charge in [0.2, 0.25) is 5.67 Å². The molecule has 0 fully saturated rings. The fraction of sp³-hybridized carbons (Fsp3) is 0.452. The van der Waals surface area contributed by atoms with Crippen LogP contribution in [0.1, 0.15) is 78.6 Å². The van der Waals surface area contributed by atoms with E-state index >= 15 is 0 Å². The number of benzene rings is 2. The van der Waals surface area contributed by atoms with Crippen molar-refractivity contribution in [1.82, 2.24) is 9.97 Å². The highest BCUT2D eigenvalue weighted by molar-refractivity contribution is 5.81. The summed E-state index contributed by atoms with van der Waals surface area (Å²) < 4.78 is 54.1. The number of hydrogen-bond acceptors (Lipinski definition) is 5. The van der Waals surface area contributed by atoms with Crippen LogP contribution in [0, 0.1) is 11.6 Å². The molecule has 0 aliphatic carbocycles. The van der Waals surface area contributed by atoms with Gasteiger partial charge in [0, 0.05) is 23.5 Å². The Kier molecular flexibility index (Phi) is 11.3. The molecule has 1 aromatic heterocycles. The first-order valence-electron chi connectivity index (χ1n) is 13.7. The molecule has 0 spiro atoms. The van der Waals surface area contributed by atoms with Crippen LogP contribution in [0.5, 0.6) is 11.5 Å². The van der Waals surface area contributed by atoms with Crippen molar-refractivity contribution >= 4 is 5.97 Å². The number of ether oxygens (including phenoxy) is 2. The first-order chi connectivity index (χ1) is 18.7. The molecule has 0 amide bonds. The Bertz CT molecular complexity index is 1180. The van der Waals surface area contributed by atoms with Crippen LogP contribution in [0.3, 0.4) is 0 Å². The monoisotopic (exact) mass is 542 g/mol.